The molecule has 1 amide bonds. The third kappa shape index (κ3) is 4.61. The molecule has 0 radical (unpaired) electrons. The Labute approximate surface area is 112 Å². The quantitative estimate of drug-likeness (QED) is 0.840. The highest BCUT2D eigenvalue weighted by Gasteiger charge is 2.11. The molecule has 0 aliphatic rings. The SMILES string of the molecule is COCCCC(=O)Nc1c(Cl)cc(F)cc1Br. The van der Waals surface area contributed by atoms with Gasteiger partial charge in [-0.15, -0.1) is 0 Å². The number of carbonyl (C=O) groups excluding carboxylic acids is 1. The summed E-state index contributed by atoms with van der Waals surface area (Å²) in [5.74, 6) is -0.643. The third-order valence-corrected chi connectivity index (χ3v) is 2.95. The highest BCUT2D eigenvalue weighted by Crippen LogP contribution is 2.31. The van der Waals surface area contributed by atoms with E-state index in [-0.39, 0.29) is 10.9 Å². The van der Waals surface area contributed by atoms with Crippen molar-refractivity contribution in [2.45, 2.75) is 12.8 Å². The number of methoxy groups -OCH3 is 1. The lowest BCUT2D eigenvalue weighted by molar-refractivity contribution is -0.116. The lowest BCUT2D eigenvalue weighted by Crippen LogP contribution is -2.13. The molecule has 0 saturated heterocycles. The summed E-state index contributed by atoms with van der Waals surface area (Å²) in [6, 6.07) is 2.40. The Bertz CT molecular complexity index is 391. The van der Waals surface area contributed by atoms with Crippen LogP contribution >= 0.6 is 27.5 Å². The van der Waals surface area contributed by atoms with Gasteiger partial charge in [0.1, 0.15) is 5.82 Å². The summed E-state index contributed by atoms with van der Waals surface area (Å²) >= 11 is 8.98. The predicted molar refractivity (Wildman–Crippen MR) is 68.8 cm³/mol. The Morgan fingerprint density at radius 2 is 2.29 bits per heavy atom. The molecule has 3 nitrogen and oxygen atoms in total. The van der Waals surface area contributed by atoms with Crippen LogP contribution in [0.25, 0.3) is 0 Å². The Morgan fingerprint density at radius 3 is 2.88 bits per heavy atom. The van der Waals surface area contributed by atoms with Crippen LogP contribution in [-0.4, -0.2) is 19.6 Å². The summed E-state index contributed by atoms with van der Waals surface area (Å²) < 4.78 is 18.2. The number of hydrogen-bond acceptors (Lipinski definition) is 2. The van der Waals surface area contributed by atoms with Gasteiger partial charge in [0.25, 0.3) is 0 Å². The van der Waals surface area contributed by atoms with Crippen molar-refractivity contribution in [1.82, 2.24) is 0 Å². The van der Waals surface area contributed by atoms with Gasteiger partial charge >= 0.3 is 0 Å². The maximum absolute atomic E-state index is 13.0. The van der Waals surface area contributed by atoms with Crippen molar-refractivity contribution < 1.29 is 13.9 Å². The van der Waals surface area contributed by atoms with E-state index in [2.05, 4.69) is 21.2 Å². The largest absolute Gasteiger partial charge is 0.385 e. The average molecular weight is 325 g/mol. The third-order valence-electron chi connectivity index (χ3n) is 2.02. The van der Waals surface area contributed by atoms with E-state index in [4.69, 9.17) is 16.3 Å². The van der Waals surface area contributed by atoms with E-state index in [9.17, 15) is 9.18 Å². The molecule has 0 saturated carbocycles. The van der Waals surface area contributed by atoms with E-state index in [0.717, 1.165) is 6.07 Å². The number of ether oxygens (including phenoxy) is 1. The Hall–Kier alpha value is -0.650. The van der Waals surface area contributed by atoms with E-state index in [1.807, 2.05) is 0 Å². The van der Waals surface area contributed by atoms with Gasteiger partial charge < -0.3 is 10.1 Å². The van der Waals surface area contributed by atoms with Crippen LogP contribution in [0.5, 0.6) is 0 Å². The maximum atomic E-state index is 13.0. The van der Waals surface area contributed by atoms with E-state index in [1.165, 1.54) is 6.07 Å². The Morgan fingerprint density at radius 1 is 1.59 bits per heavy atom. The van der Waals surface area contributed by atoms with Crippen LogP contribution in [0.3, 0.4) is 0 Å². The number of nitrogens with one attached hydrogen (secondary N) is 1. The normalized spacial score (nSPS) is 10.4. The maximum Gasteiger partial charge on any atom is 0.224 e. The Kier molecular flexibility index (Phi) is 5.88. The summed E-state index contributed by atoms with van der Waals surface area (Å²) in [6.45, 7) is 0.520. The molecule has 1 rings (SSSR count). The number of anilines is 1. The van der Waals surface area contributed by atoms with Gasteiger partial charge in [-0.1, -0.05) is 11.6 Å². The monoisotopic (exact) mass is 323 g/mol. The van der Waals surface area contributed by atoms with Crippen LogP contribution in [0.4, 0.5) is 10.1 Å². The average Bonchev–Trinajstić information content (AvgIpc) is 2.24. The molecule has 17 heavy (non-hydrogen) atoms. The van der Waals surface area contributed by atoms with Gasteiger partial charge in [0, 0.05) is 24.6 Å². The molecule has 0 spiro atoms. The molecule has 0 aliphatic carbocycles. The van der Waals surface area contributed by atoms with E-state index in [1.54, 1.807) is 7.11 Å². The summed E-state index contributed by atoms with van der Waals surface area (Å²) in [4.78, 5) is 11.5. The van der Waals surface area contributed by atoms with E-state index < -0.39 is 5.82 Å². The predicted octanol–water partition coefficient (Wildman–Crippen LogP) is 3.61. The van der Waals surface area contributed by atoms with Crippen LogP contribution in [0, 0.1) is 5.82 Å². The van der Waals surface area contributed by atoms with Crippen LogP contribution in [0.1, 0.15) is 12.8 Å². The van der Waals surface area contributed by atoms with E-state index in [0.29, 0.717) is 29.6 Å². The van der Waals surface area contributed by atoms with Gasteiger partial charge in [0.05, 0.1) is 10.7 Å². The number of rotatable bonds is 5. The first kappa shape index (κ1) is 14.4. The second-order valence-electron chi connectivity index (χ2n) is 3.39. The first-order chi connectivity index (χ1) is 8.04. The molecule has 0 atom stereocenters. The van der Waals surface area contributed by atoms with Crippen molar-refractivity contribution in [3.05, 3.63) is 27.4 Å². The van der Waals surface area contributed by atoms with Crippen LogP contribution < -0.4 is 5.32 Å². The lowest BCUT2D eigenvalue weighted by atomic mass is 10.2. The number of carbonyl (C=O) groups is 1. The van der Waals surface area contributed by atoms with Crippen LogP contribution in [-0.2, 0) is 9.53 Å². The first-order valence-corrected chi connectivity index (χ1v) is 6.15. The number of halogens is 3. The Balaban J connectivity index is 2.65. The molecule has 1 aromatic rings. The smallest absolute Gasteiger partial charge is 0.224 e. The number of hydrogen-bond donors (Lipinski definition) is 1. The molecule has 94 valence electrons. The van der Waals surface area contributed by atoms with Gasteiger partial charge in [-0.2, -0.15) is 0 Å². The molecular weight excluding hydrogens is 312 g/mol. The molecule has 0 heterocycles. The van der Waals surface area contributed by atoms with Crippen molar-refractivity contribution in [2.75, 3.05) is 19.0 Å². The van der Waals surface area contributed by atoms with Crippen LogP contribution in [0.2, 0.25) is 5.02 Å². The van der Waals surface area contributed by atoms with Gasteiger partial charge in [0.2, 0.25) is 5.91 Å². The topological polar surface area (TPSA) is 38.3 Å². The van der Waals surface area contributed by atoms with Crippen molar-refractivity contribution >= 4 is 39.1 Å². The summed E-state index contributed by atoms with van der Waals surface area (Å²) in [5, 5.41) is 2.79. The summed E-state index contributed by atoms with van der Waals surface area (Å²) in [7, 11) is 1.57. The molecule has 6 heteroatoms. The molecular formula is C11H12BrClFNO2. The molecule has 1 aromatic carbocycles. The fraction of sp³-hybridized carbons (Fsp3) is 0.364. The molecule has 0 unspecified atom stereocenters. The van der Waals surface area contributed by atoms with Crippen molar-refractivity contribution in [2.24, 2.45) is 0 Å². The highest BCUT2D eigenvalue weighted by molar-refractivity contribution is 9.10. The van der Waals surface area contributed by atoms with E-state index >= 15 is 0 Å². The second-order valence-corrected chi connectivity index (χ2v) is 4.65. The number of benzene rings is 1. The molecule has 0 fully saturated rings. The minimum absolute atomic E-state index is 0.164. The molecule has 0 bridgehead atoms. The zero-order valence-corrected chi connectivity index (χ0v) is 11.6. The van der Waals surface area contributed by atoms with Gasteiger partial charge in [-0.3, -0.25) is 4.79 Å². The molecule has 0 aromatic heterocycles. The fourth-order valence-electron chi connectivity index (χ4n) is 1.24. The molecule has 0 aliphatic heterocycles. The minimum Gasteiger partial charge on any atom is -0.385 e. The fourth-order valence-corrected chi connectivity index (χ4v) is 2.14. The van der Waals surface area contributed by atoms with Crippen molar-refractivity contribution in [1.29, 1.82) is 0 Å². The zero-order chi connectivity index (χ0) is 12.8. The minimum atomic E-state index is -0.459. The van der Waals surface area contributed by atoms with Gasteiger partial charge in [-0.05, 0) is 34.5 Å². The second kappa shape index (κ2) is 6.93. The number of amides is 1. The summed E-state index contributed by atoms with van der Waals surface area (Å²) in [5.41, 5.74) is 0.385. The van der Waals surface area contributed by atoms with Crippen molar-refractivity contribution in [3.8, 4) is 0 Å². The first-order valence-electron chi connectivity index (χ1n) is 4.98. The van der Waals surface area contributed by atoms with Gasteiger partial charge in [0.15, 0.2) is 0 Å². The lowest BCUT2D eigenvalue weighted by Gasteiger charge is -2.09. The molecule has 1 N–H and O–H groups in total. The van der Waals surface area contributed by atoms with Gasteiger partial charge in [-0.25, -0.2) is 4.39 Å². The highest BCUT2D eigenvalue weighted by atomic mass is 79.9. The van der Waals surface area contributed by atoms with Crippen LogP contribution in [0.15, 0.2) is 16.6 Å². The van der Waals surface area contributed by atoms with Crippen molar-refractivity contribution in [3.63, 3.8) is 0 Å². The standard InChI is InChI=1S/C11H12BrClFNO2/c1-17-4-2-3-10(16)15-11-8(12)5-7(14)6-9(11)13/h5-6H,2-4H2,1H3,(H,15,16). The summed E-state index contributed by atoms with van der Waals surface area (Å²) in [6.07, 6.45) is 0.951. The zero-order valence-electron chi connectivity index (χ0n) is 9.23.